The summed E-state index contributed by atoms with van der Waals surface area (Å²) in [6.07, 6.45) is 5.31. The smallest absolute Gasteiger partial charge is 0.337 e. The Balaban J connectivity index is 1.69. The van der Waals surface area contributed by atoms with Crippen LogP contribution in [0.2, 0.25) is 0 Å². The zero-order valence-electron chi connectivity index (χ0n) is 13.3. The summed E-state index contributed by atoms with van der Waals surface area (Å²) >= 11 is 0. The summed E-state index contributed by atoms with van der Waals surface area (Å²) in [5.74, 6) is 0.0420. The summed E-state index contributed by atoms with van der Waals surface area (Å²) in [5, 5.41) is 3.55. The second-order valence-corrected chi connectivity index (χ2v) is 6.32. The highest BCUT2D eigenvalue weighted by Gasteiger charge is 2.37. The largest absolute Gasteiger partial charge is 0.465 e. The van der Waals surface area contributed by atoms with Gasteiger partial charge in [-0.3, -0.25) is 0 Å². The zero-order chi connectivity index (χ0) is 16.7. The fourth-order valence-corrected chi connectivity index (χ4v) is 3.84. The Bertz CT molecular complexity index is 813. The Morgan fingerprint density at radius 3 is 2.75 bits per heavy atom. The standard InChI is InChI=1S/C20H18FNO2/c1-24-20(23)13-7-5-12(6-8-13)19-16-4-2-3-15(16)17-11-14(21)9-10-18(17)22-19/h2-3,5-11,15-16,19,22H,4H2,1H3/t15-,16-,19-/m1/s1. The summed E-state index contributed by atoms with van der Waals surface area (Å²) in [7, 11) is 1.38. The van der Waals surface area contributed by atoms with Gasteiger partial charge in [0.05, 0.1) is 18.7 Å². The van der Waals surface area contributed by atoms with Gasteiger partial charge in [0, 0.05) is 11.6 Å². The van der Waals surface area contributed by atoms with E-state index in [-0.39, 0.29) is 23.7 Å². The number of hydrogen-bond donors (Lipinski definition) is 1. The number of ether oxygens (including phenoxy) is 1. The zero-order valence-corrected chi connectivity index (χ0v) is 13.3. The summed E-state index contributed by atoms with van der Waals surface area (Å²) in [4.78, 5) is 11.6. The predicted octanol–water partition coefficient (Wildman–Crippen LogP) is 4.44. The Labute approximate surface area is 140 Å². The molecule has 2 aromatic rings. The van der Waals surface area contributed by atoms with Crippen LogP contribution in [0, 0.1) is 11.7 Å². The van der Waals surface area contributed by atoms with Crippen molar-refractivity contribution in [1.29, 1.82) is 0 Å². The van der Waals surface area contributed by atoms with Gasteiger partial charge in [-0.05, 0) is 53.8 Å². The first-order valence-electron chi connectivity index (χ1n) is 8.08. The highest BCUT2D eigenvalue weighted by atomic mass is 19.1. The molecular formula is C20H18FNO2. The molecule has 0 saturated heterocycles. The summed E-state index contributed by atoms with van der Waals surface area (Å²) in [6.45, 7) is 0. The minimum absolute atomic E-state index is 0.134. The quantitative estimate of drug-likeness (QED) is 0.656. The number of hydrogen-bond acceptors (Lipinski definition) is 3. The monoisotopic (exact) mass is 323 g/mol. The SMILES string of the molecule is COC(=O)c1ccc([C@H]2Nc3ccc(F)cc3[C@@H]3C=CC[C@@H]23)cc1. The van der Waals surface area contributed by atoms with Gasteiger partial charge < -0.3 is 10.1 Å². The van der Waals surface area contributed by atoms with Crippen molar-refractivity contribution < 1.29 is 13.9 Å². The first-order chi connectivity index (χ1) is 11.7. The summed E-state index contributed by atoms with van der Waals surface area (Å²) < 4.78 is 18.4. The van der Waals surface area contributed by atoms with E-state index in [0.29, 0.717) is 11.5 Å². The molecule has 122 valence electrons. The molecule has 0 bridgehead atoms. The molecule has 4 rings (SSSR count). The number of carbonyl (C=O) groups is 1. The van der Waals surface area contributed by atoms with Crippen molar-refractivity contribution >= 4 is 11.7 Å². The van der Waals surface area contributed by atoms with Crippen LogP contribution in [0.5, 0.6) is 0 Å². The molecule has 0 radical (unpaired) electrons. The van der Waals surface area contributed by atoms with Crippen LogP contribution in [-0.4, -0.2) is 13.1 Å². The van der Waals surface area contributed by atoms with Gasteiger partial charge in [0.1, 0.15) is 5.82 Å². The van der Waals surface area contributed by atoms with E-state index in [1.54, 1.807) is 18.2 Å². The molecule has 1 heterocycles. The molecule has 3 atom stereocenters. The Morgan fingerprint density at radius 2 is 2.00 bits per heavy atom. The highest BCUT2D eigenvalue weighted by molar-refractivity contribution is 5.89. The van der Waals surface area contributed by atoms with Crippen molar-refractivity contribution in [2.24, 2.45) is 5.92 Å². The van der Waals surface area contributed by atoms with Gasteiger partial charge in [-0.15, -0.1) is 0 Å². The average Bonchev–Trinajstić information content (AvgIpc) is 3.11. The van der Waals surface area contributed by atoms with Gasteiger partial charge in [0.25, 0.3) is 0 Å². The first kappa shape index (κ1) is 14.9. The molecule has 1 N–H and O–H groups in total. The van der Waals surface area contributed by atoms with Crippen LogP contribution in [0.1, 0.15) is 39.9 Å². The van der Waals surface area contributed by atoms with Gasteiger partial charge >= 0.3 is 5.97 Å². The number of esters is 1. The minimum Gasteiger partial charge on any atom is -0.465 e. The van der Waals surface area contributed by atoms with E-state index in [1.165, 1.54) is 13.2 Å². The third-order valence-electron chi connectivity index (χ3n) is 5.02. The predicted molar refractivity (Wildman–Crippen MR) is 90.5 cm³/mol. The Kier molecular flexibility index (Phi) is 3.60. The number of benzene rings is 2. The van der Waals surface area contributed by atoms with Gasteiger partial charge in [0.2, 0.25) is 0 Å². The Morgan fingerprint density at radius 1 is 1.21 bits per heavy atom. The van der Waals surface area contributed by atoms with Crippen molar-refractivity contribution in [2.75, 3.05) is 12.4 Å². The lowest BCUT2D eigenvalue weighted by Crippen LogP contribution is -2.29. The number of methoxy groups -OCH3 is 1. The Hall–Kier alpha value is -2.62. The number of carbonyl (C=O) groups excluding carboxylic acids is 1. The molecule has 1 aliphatic heterocycles. The molecule has 4 heteroatoms. The third-order valence-corrected chi connectivity index (χ3v) is 5.02. The molecule has 0 amide bonds. The molecule has 2 aliphatic rings. The van der Waals surface area contributed by atoms with Crippen LogP contribution in [0.4, 0.5) is 10.1 Å². The lowest BCUT2D eigenvalue weighted by molar-refractivity contribution is 0.0600. The summed E-state index contributed by atoms with van der Waals surface area (Å²) in [6, 6.07) is 12.6. The third kappa shape index (κ3) is 2.39. The van der Waals surface area contributed by atoms with Crippen molar-refractivity contribution in [1.82, 2.24) is 0 Å². The van der Waals surface area contributed by atoms with Crippen LogP contribution in [0.15, 0.2) is 54.6 Å². The lowest BCUT2D eigenvalue weighted by atomic mass is 9.77. The molecule has 24 heavy (non-hydrogen) atoms. The molecule has 2 aromatic carbocycles. The molecule has 1 aliphatic carbocycles. The fraction of sp³-hybridized carbons (Fsp3) is 0.250. The minimum atomic E-state index is -0.334. The van der Waals surface area contributed by atoms with E-state index in [0.717, 1.165) is 23.2 Å². The van der Waals surface area contributed by atoms with E-state index in [9.17, 15) is 9.18 Å². The molecule has 0 fully saturated rings. The number of fused-ring (bicyclic) bond motifs is 3. The number of anilines is 1. The van der Waals surface area contributed by atoms with Gasteiger partial charge in [-0.2, -0.15) is 0 Å². The maximum atomic E-state index is 13.6. The normalized spacial score (nSPS) is 24.0. The van der Waals surface area contributed by atoms with E-state index in [2.05, 4.69) is 17.5 Å². The highest BCUT2D eigenvalue weighted by Crippen LogP contribution is 2.49. The van der Waals surface area contributed by atoms with Gasteiger partial charge in [-0.1, -0.05) is 24.3 Å². The topological polar surface area (TPSA) is 38.3 Å². The maximum Gasteiger partial charge on any atom is 0.337 e. The molecule has 3 nitrogen and oxygen atoms in total. The number of rotatable bonds is 2. The first-order valence-corrected chi connectivity index (χ1v) is 8.08. The number of halogens is 1. The molecule has 0 unspecified atom stereocenters. The van der Waals surface area contributed by atoms with Crippen LogP contribution in [0.3, 0.4) is 0 Å². The number of allylic oxidation sites excluding steroid dienone is 2. The van der Waals surface area contributed by atoms with Crippen molar-refractivity contribution in [3.8, 4) is 0 Å². The average molecular weight is 323 g/mol. The number of nitrogens with one attached hydrogen (secondary N) is 1. The van der Waals surface area contributed by atoms with Crippen LogP contribution >= 0.6 is 0 Å². The molecule has 0 saturated carbocycles. The lowest BCUT2D eigenvalue weighted by Gasteiger charge is -2.37. The van der Waals surface area contributed by atoms with E-state index in [4.69, 9.17) is 4.74 Å². The second kappa shape index (κ2) is 5.78. The van der Waals surface area contributed by atoms with Crippen molar-refractivity contribution in [3.63, 3.8) is 0 Å². The summed E-state index contributed by atoms with van der Waals surface area (Å²) in [5.41, 5.74) is 3.67. The van der Waals surface area contributed by atoms with Crippen molar-refractivity contribution in [2.45, 2.75) is 18.4 Å². The van der Waals surface area contributed by atoms with Crippen molar-refractivity contribution in [3.05, 3.63) is 77.1 Å². The van der Waals surface area contributed by atoms with Gasteiger partial charge in [0.15, 0.2) is 0 Å². The van der Waals surface area contributed by atoms with E-state index >= 15 is 0 Å². The second-order valence-electron chi connectivity index (χ2n) is 6.32. The van der Waals surface area contributed by atoms with Crippen LogP contribution in [-0.2, 0) is 4.74 Å². The molecule has 0 aromatic heterocycles. The molecule has 0 spiro atoms. The maximum absolute atomic E-state index is 13.6. The molecular weight excluding hydrogens is 305 g/mol. The van der Waals surface area contributed by atoms with Crippen LogP contribution in [0.25, 0.3) is 0 Å². The van der Waals surface area contributed by atoms with Gasteiger partial charge in [-0.25, -0.2) is 9.18 Å². The fourth-order valence-electron chi connectivity index (χ4n) is 3.84. The van der Waals surface area contributed by atoms with E-state index in [1.807, 2.05) is 18.2 Å². The van der Waals surface area contributed by atoms with E-state index < -0.39 is 0 Å². The van der Waals surface area contributed by atoms with Crippen LogP contribution < -0.4 is 5.32 Å².